The van der Waals surface area contributed by atoms with Crippen molar-refractivity contribution >= 4 is 38.7 Å². The summed E-state index contributed by atoms with van der Waals surface area (Å²) in [6, 6.07) is 2.56. The number of allylic oxidation sites excluding steroid dienone is 2. The van der Waals surface area contributed by atoms with E-state index in [2.05, 4.69) is 36.5 Å². The molecule has 9 heteroatoms. The van der Waals surface area contributed by atoms with Gasteiger partial charge < -0.3 is 15.6 Å². The molecule has 3 N–H and O–H groups in total. The molecule has 1 aliphatic carbocycles. The highest BCUT2D eigenvalue weighted by Gasteiger charge is 2.33. The number of urea groups is 1. The molecular weight excluding hydrogens is 389 g/mol. The summed E-state index contributed by atoms with van der Waals surface area (Å²) in [5.74, 6) is 0. The number of nitrogens with one attached hydrogen (secondary N) is 3. The van der Waals surface area contributed by atoms with Gasteiger partial charge in [-0.25, -0.2) is 9.78 Å². The summed E-state index contributed by atoms with van der Waals surface area (Å²) in [6.07, 6.45) is 0.673. The van der Waals surface area contributed by atoms with Crippen LogP contribution in [0.5, 0.6) is 0 Å². The average molecular weight is 401 g/mol. The molecule has 2 heterocycles. The van der Waals surface area contributed by atoms with Gasteiger partial charge in [0.1, 0.15) is 10.1 Å². The summed E-state index contributed by atoms with van der Waals surface area (Å²) >= 11 is 3.26. The highest BCUT2D eigenvalue weighted by Crippen LogP contribution is 2.29. The van der Waals surface area contributed by atoms with Gasteiger partial charge in [0.25, 0.3) is 0 Å². The van der Waals surface area contributed by atoms with Gasteiger partial charge in [-0.2, -0.15) is 13.2 Å². The molecule has 24 heavy (non-hydrogen) atoms. The fraction of sp³-hybridized carbons (Fsp3) is 0.200. The Morgan fingerprint density at radius 2 is 2.17 bits per heavy atom. The molecule has 0 saturated carbocycles. The molecule has 1 atom stereocenters. The summed E-state index contributed by atoms with van der Waals surface area (Å²) < 4.78 is 38.2. The molecule has 0 spiro atoms. The highest BCUT2D eigenvalue weighted by atomic mass is 79.9. The number of hydrogen-bond acceptors (Lipinski definition) is 2. The topological polar surface area (TPSA) is 69.8 Å². The van der Waals surface area contributed by atoms with E-state index in [9.17, 15) is 18.0 Å². The number of pyridine rings is 1. The number of fused-ring (bicyclic) bond motifs is 1. The van der Waals surface area contributed by atoms with Crippen molar-refractivity contribution in [2.75, 3.05) is 5.32 Å². The molecule has 1 aliphatic rings. The molecule has 0 radical (unpaired) electrons. The van der Waals surface area contributed by atoms with Crippen molar-refractivity contribution in [3.05, 3.63) is 46.7 Å². The molecular formula is C15H12BrF3N4O. The second-order valence-corrected chi connectivity index (χ2v) is 6.00. The Morgan fingerprint density at radius 1 is 1.38 bits per heavy atom. The summed E-state index contributed by atoms with van der Waals surface area (Å²) in [5.41, 5.74) is 1.11. The zero-order chi connectivity index (χ0) is 17.3. The van der Waals surface area contributed by atoms with E-state index < -0.39 is 23.8 Å². The quantitative estimate of drug-likeness (QED) is 0.659. The van der Waals surface area contributed by atoms with Gasteiger partial charge in [-0.15, -0.1) is 0 Å². The number of H-pyrrole nitrogens is 1. The largest absolute Gasteiger partial charge is 0.416 e. The van der Waals surface area contributed by atoms with Crippen molar-refractivity contribution in [1.29, 1.82) is 0 Å². The third-order valence-electron chi connectivity index (χ3n) is 3.48. The Hall–Kier alpha value is -2.29. The molecule has 1 unspecified atom stereocenters. The molecule has 0 saturated heterocycles. The lowest BCUT2D eigenvalue weighted by Crippen LogP contribution is -2.37. The average Bonchev–Trinajstić information content (AvgIpc) is 2.89. The maximum Gasteiger partial charge on any atom is 0.416 e. The van der Waals surface area contributed by atoms with Gasteiger partial charge in [0.15, 0.2) is 0 Å². The molecule has 2 amide bonds. The van der Waals surface area contributed by atoms with Crippen LogP contribution in [-0.2, 0) is 0 Å². The van der Waals surface area contributed by atoms with E-state index in [1.165, 1.54) is 6.08 Å². The minimum atomic E-state index is -4.37. The van der Waals surface area contributed by atoms with Crippen LogP contribution in [0.1, 0.15) is 6.42 Å². The highest BCUT2D eigenvalue weighted by molar-refractivity contribution is 9.10. The molecule has 0 bridgehead atoms. The van der Waals surface area contributed by atoms with Crippen LogP contribution in [0.25, 0.3) is 11.0 Å². The summed E-state index contributed by atoms with van der Waals surface area (Å²) in [7, 11) is 0. The van der Waals surface area contributed by atoms with Gasteiger partial charge in [0.2, 0.25) is 0 Å². The smallest absolute Gasteiger partial charge is 0.358 e. The van der Waals surface area contributed by atoms with Gasteiger partial charge >= 0.3 is 12.2 Å². The summed E-state index contributed by atoms with van der Waals surface area (Å²) in [5, 5.41) is 5.25. The van der Waals surface area contributed by atoms with E-state index >= 15 is 0 Å². The van der Waals surface area contributed by atoms with Crippen LogP contribution in [0.4, 0.5) is 23.7 Å². The van der Waals surface area contributed by atoms with E-state index in [-0.39, 0.29) is 6.42 Å². The lowest BCUT2D eigenvalue weighted by Gasteiger charge is -2.19. The number of carbonyl (C=O) groups excluding carboxylic acids is 1. The fourth-order valence-corrected chi connectivity index (χ4v) is 2.64. The minimum absolute atomic E-state index is 0.0798. The maximum absolute atomic E-state index is 12.5. The monoisotopic (exact) mass is 400 g/mol. The van der Waals surface area contributed by atoms with E-state index in [1.807, 2.05) is 6.07 Å². The molecule has 0 aliphatic heterocycles. The van der Waals surface area contributed by atoms with E-state index in [1.54, 1.807) is 12.3 Å². The second-order valence-electron chi connectivity index (χ2n) is 5.19. The zero-order valence-electron chi connectivity index (χ0n) is 12.1. The lowest BCUT2D eigenvalue weighted by molar-refractivity contribution is -0.0886. The first-order chi connectivity index (χ1) is 11.3. The number of nitrogens with zero attached hydrogens (tertiary/aromatic N) is 1. The van der Waals surface area contributed by atoms with Crippen LogP contribution in [0.3, 0.4) is 0 Å². The molecule has 0 aromatic carbocycles. The fourth-order valence-electron chi connectivity index (χ4n) is 2.34. The van der Waals surface area contributed by atoms with E-state index in [0.29, 0.717) is 15.8 Å². The predicted octanol–water partition coefficient (Wildman–Crippen LogP) is 4.26. The Balaban J connectivity index is 1.63. The second kappa shape index (κ2) is 6.31. The first kappa shape index (κ1) is 16.6. The van der Waals surface area contributed by atoms with Crippen molar-refractivity contribution < 1.29 is 18.0 Å². The van der Waals surface area contributed by atoms with Crippen LogP contribution in [0.2, 0.25) is 0 Å². The number of carbonyl (C=O) groups is 1. The summed E-state index contributed by atoms with van der Waals surface area (Å²) in [4.78, 5) is 19.3. The van der Waals surface area contributed by atoms with Crippen LogP contribution in [-0.4, -0.2) is 28.2 Å². The van der Waals surface area contributed by atoms with Crippen LogP contribution >= 0.6 is 15.9 Å². The first-order valence-corrected chi connectivity index (χ1v) is 7.79. The lowest BCUT2D eigenvalue weighted by atomic mass is 10.0. The normalized spacial score (nSPS) is 17.7. The molecule has 5 nitrogen and oxygen atoms in total. The third-order valence-corrected chi connectivity index (χ3v) is 3.92. The molecule has 2 aromatic rings. The summed E-state index contributed by atoms with van der Waals surface area (Å²) in [6.45, 7) is 0. The molecule has 126 valence electrons. The number of rotatable bonds is 2. The van der Waals surface area contributed by atoms with Crippen molar-refractivity contribution in [2.45, 2.75) is 18.6 Å². The molecule has 2 aromatic heterocycles. The van der Waals surface area contributed by atoms with Gasteiger partial charge in [-0.3, -0.25) is 0 Å². The van der Waals surface area contributed by atoms with Crippen LogP contribution in [0, 0.1) is 0 Å². The van der Waals surface area contributed by atoms with Gasteiger partial charge in [0, 0.05) is 6.20 Å². The standard InChI is InChI=1S/C15H12BrF3N4O/c16-12-6-5-10-13(23-12)11(7-20-10)22-14(24)21-9-3-1-8(2-4-9)15(17,18)19/h1-3,5-7,9,20H,4H2,(H2,21,22,24). The van der Waals surface area contributed by atoms with Gasteiger partial charge in [-0.1, -0.05) is 18.2 Å². The Bertz CT molecular complexity index is 841. The van der Waals surface area contributed by atoms with E-state index in [4.69, 9.17) is 0 Å². The predicted molar refractivity (Wildman–Crippen MR) is 87.6 cm³/mol. The van der Waals surface area contributed by atoms with Crippen LogP contribution < -0.4 is 10.6 Å². The third kappa shape index (κ3) is 3.61. The first-order valence-electron chi connectivity index (χ1n) is 6.99. The Labute approximate surface area is 143 Å². The Kier molecular flexibility index (Phi) is 4.35. The van der Waals surface area contributed by atoms with Crippen molar-refractivity contribution in [3.8, 4) is 0 Å². The van der Waals surface area contributed by atoms with Gasteiger partial charge in [-0.05, 0) is 34.5 Å². The number of aromatic nitrogens is 2. The number of alkyl halides is 3. The SMILES string of the molecule is O=C(Nc1c[nH]c2ccc(Br)nc12)NC1C=CC(C(F)(F)F)=CC1. The van der Waals surface area contributed by atoms with Crippen molar-refractivity contribution in [1.82, 2.24) is 15.3 Å². The molecule has 3 rings (SSSR count). The van der Waals surface area contributed by atoms with Crippen molar-refractivity contribution in [2.24, 2.45) is 0 Å². The van der Waals surface area contributed by atoms with Crippen LogP contribution in [0.15, 0.2) is 46.7 Å². The Morgan fingerprint density at radius 3 is 2.83 bits per heavy atom. The molecule has 0 fully saturated rings. The van der Waals surface area contributed by atoms with Gasteiger partial charge in [0.05, 0.1) is 22.8 Å². The van der Waals surface area contributed by atoms with E-state index in [0.717, 1.165) is 17.7 Å². The maximum atomic E-state index is 12.5. The number of anilines is 1. The number of hydrogen-bond donors (Lipinski definition) is 3. The minimum Gasteiger partial charge on any atom is -0.358 e. The zero-order valence-corrected chi connectivity index (χ0v) is 13.7. The number of amides is 2. The number of halogens is 4. The van der Waals surface area contributed by atoms with Crippen molar-refractivity contribution in [3.63, 3.8) is 0 Å². The number of aromatic amines is 1.